The van der Waals surface area contributed by atoms with Crippen LogP contribution in [0.15, 0.2) is 24.5 Å². The van der Waals surface area contributed by atoms with Crippen LogP contribution < -0.4 is 5.32 Å². The van der Waals surface area contributed by atoms with Crippen LogP contribution in [-0.2, 0) is 11.2 Å². The number of ether oxygens (including phenoxy) is 1. The summed E-state index contributed by atoms with van der Waals surface area (Å²) in [6.45, 7) is 2.84. The minimum atomic E-state index is 0.446. The Labute approximate surface area is 78.1 Å². The van der Waals surface area contributed by atoms with E-state index in [1.807, 2.05) is 24.5 Å². The highest BCUT2D eigenvalue weighted by atomic mass is 16.5. The molecule has 1 fully saturated rings. The number of hydrogen-bond acceptors (Lipinski definition) is 3. The summed E-state index contributed by atoms with van der Waals surface area (Å²) in [5.41, 5.74) is 1.29. The summed E-state index contributed by atoms with van der Waals surface area (Å²) in [5.74, 6) is 0. The van der Waals surface area contributed by atoms with Crippen molar-refractivity contribution in [3.8, 4) is 0 Å². The van der Waals surface area contributed by atoms with Crippen molar-refractivity contribution in [2.45, 2.75) is 12.5 Å². The Bertz CT molecular complexity index is 246. The SMILES string of the molecule is c1cc(CCOC2CNC2)ccn1. The van der Waals surface area contributed by atoms with Gasteiger partial charge in [0.2, 0.25) is 0 Å². The standard InChI is InChI=1S/C10H14N2O/c1-4-11-5-2-9(1)3-6-13-10-7-12-8-10/h1-2,4-5,10,12H,3,6-8H2. The molecule has 3 nitrogen and oxygen atoms in total. The molecule has 1 aromatic rings. The van der Waals surface area contributed by atoms with Crippen LogP contribution in [0, 0.1) is 0 Å². The number of pyridine rings is 1. The third kappa shape index (κ3) is 2.50. The Morgan fingerprint density at radius 2 is 2.15 bits per heavy atom. The predicted octanol–water partition coefficient (Wildman–Crippen LogP) is 0.613. The molecule has 3 heteroatoms. The van der Waals surface area contributed by atoms with Crippen LogP contribution in [0.4, 0.5) is 0 Å². The zero-order valence-electron chi connectivity index (χ0n) is 7.57. The van der Waals surface area contributed by atoms with Crippen LogP contribution in [0.5, 0.6) is 0 Å². The second-order valence-corrected chi connectivity index (χ2v) is 3.26. The van der Waals surface area contributed by atoms with Gasteiger partial charge in [0, 0.05) is 25.5 Å². The van der Waals surface area contributed by atoms with Gasteiger partial charge in [-0.05, 0) is 24.1 Å². The number of aromatic nitrogens is 1. The summed E-state index contributed by atoms with van der Waals surface area (Å²) >= 11 is 0. The Hall–Kier alpha value is -0.930. The van der Waals surface area contributed by atoms with E-state index in [-0.39, 0.29) is 0 Å². The fourth-order valence-electron chi connectivity index (χ4n) is 1.27. The monoisotopic (exact) mass is 178 g/mol. The molecule has 0 aromatic carbocycles. The summed E-state index contributed by atoms with van der Waals surface area (Å²) in [5, 5.41) is 3.17. The van der Waals surface area contributed by atoms with Gasteiger partial charge >= 0.3 is 0 Å². The molecule has 0 saturated carbocycles. The lowest BCUT2D eigenvalue weighted by atomic mass is 10.2. The fraction of sp³-hybridized carbons (Fsp3) is 0.500. The van der Waals surface area contributed by atoms with Crippen LogP contribution in [-0.4, -0.2) is 30.8 Å². The van der Waals surface area contributed by atoms with Crippen molar-refractivity contribution in [1.29, 1.82) is 0 Å². The van der Waals surface area contributed by atoms with Gasteiger partial charge in [-0.3, -0.25) is 4.98 Å². The maximum Gasteiger partial charge on any atom is 0.0823 e. The van der Waals surface area contributed by atoms with Crippen LogP contribution in [0.25, 0.3) is 0 Å². The molecule has 2 rings (SSSR count). The van der Waals surface area contributed by atoms with Crippen LogP contribution in [0.1, 0.15) is 5.56 Å². The van der Waals surface area contributed by atoms with Crippen molar-refractivity contribution < 1.29 is 4.74 Å². The van der Waals surface area contributed by atoms with E-state index in [0.717, 1.165) is 26.1 Å². The normalized spacial score (nSPS) is 16.9. The van der Waals surface area contributed by atoms with E-state index in [9.17, 15) is 0 Å². The number of hydrogen-bond donors (Lipinski definition) is 1. The summed E-state index contributed by atoms with van der Waals surface area (Å²) < 4.78 is 5.60. The molecule has 70 valence electrons. The van der Waals surface area contributed by atoms with Crippen molar-refractivity contribution in [3.63, 3.8) is 0 Å². The Morgan fingerprint density at radius 1 is 1.38 bits per heavy atom. The highest BCUT2D eigenvalue weighted by Gasteiger charge is 2.16. The molecule has 2 heterocycles. The summed E-state index contributed by atoms with van der Waals surface area (Å²) in [7, 11) is 0. The summed E-state index contributed by atoms with van der Waals surface area (Å²) in [6.07, 6.45) is 5.07. The molecule has 0 atom stereocenters. The Balaban J connectivity index is 1.67. The van der Waals surface area contributed by atoms with E-state index < -0.39 is 0 Å². The van der Waals surface area contributed by atoms with Gasteiger partial charge in [-0.15, -0.1) is 0 Å². The van der Waals surface area contributed by atoms with Gasteiger partial charge in [0.25, 0.3) is 0 Å². The number of nitrogens with zero attached hydrogens (tertiary/aromatic N) is 1. The molecule has 1 aromatic heterocycles. The summed E-state index contributed by atoms with van der Waals surface area (Å²) in [4.78, 5) is 3.97. The Kier molecular flexibility index (Phi) is 2.90. The average molecular weight is 178 g/mol. The first kappa shape index (κ1) is 8.66. The second-order valence-electron chi connectivity index (χ2n) is 3.26. The van der Waals surface area contributed by atoms with Crippen molar-refractivity contribution in [1.82, 2.24) is 10.3 Å². The average Bonchev–Trinajstić information content (AvgIpc) is 2.11. The molecule has 1 aliphatic heterocycles. The lowest BCUT2D eigenvalue weighted by molar-refractivity contribution is 0.0208. The zero-order valence-corrected chi connectivity index (χ0v) is 7.57. The Morgan fingerprint density at radius 3 is 2.77 bits per heavy atom. The summed E-state index contributed by atoms with van der Waals surface area (Å²) in [6, 6.07) is 4.06. The van der Waals surface area contributed by atoms with Gasteiger partial charge < -0.3 is 10.1 Å². The van der Waals surface area contributed by atoms with E-state index in [1.165, 1.54) is 5.56 Å². The van der Waals surface area contributed by atoms with Gasteiger partial charge in [0.1, 0.15) is 0 Å². The maximum absolute atomic E-state index is 5.60. The van der Waals surface area contributed by atoms with Crippen molar-refractivity contribution >= 4 is 0 Å². The first-order valence-corrected chi connectivity index (χ1v) is 4.66. The van der Waals surface area contributed by atoms with Crippen LogP contribution in [0.2, 0.25) is 0 Å². The van der Waals surface area contributed by atoms with Crippen molar-refractivity contribution in [2.75, 3.05) is 19.7 Å². The number of nitrogens with one attached hydrogen (secondary N) is 1. The van der Waals surface area contributed by atoms with E-state index in [1.54, 1.807) is 0 Å². The predicted molar refractivity (Wildman–Crippen MR) is 50.6 cm³/mol. The lowest BCUT2D eigenvalue weighted by Crippen LogP contribution is -2.48. The molecule has 0 radical (unpaired) electrons. The van der Waals surface area contributed by atoms with Crippen molar-refractivity contribution in [2.24, 2.45) is 0 Å². The van der Waals surface area contributed by atoms with Gasteiger partial charge in [0.15, 0.2) is 0 Å². The lowest BCUT2D eigenvalue weighted by Gasteiger charge is -2.27. The molecule has 13 heavy (non-hydrogen) atoms. The first-order chi connectivity index (χ1) is 6.45. The molecular weight excluding hydrogens is 164 g/mol. The molecular formula is C10H14N2O. The van der Waals surface area contributed by atoms with Gasteiger partial charge in [-0.1, -0.05) is 0 Å². The van der Waals surface area contributed by atoms with Gasteiger partial charge in [-0.2, -0.15) is 0 Å². The largest absolute Gasteiger partial charge is 0.375 e. The van der Waals surface area contributed by atoms with E-state index in [0.29, 0.717) is 6.10 Å². The number of rotatable bonds is 4. The van der Waals surface area contributed by atoms with Crippen LogP contribution in [0.3, 0.4) is 0 Å². The molecule has 0 unspecified atom stereocenters. The van der Waals surface area contributed by atoms with Gasteiger partial charge in [-0.25, -0.2) is 0 Å². The smallest absolute Gasteiger partial charge is 0.0823 e. The minimum absolute atomic E-state index is 0.446. The molecule has 0 spiro atoms. The quantitative estimate of drug-likeness (QED) is 0.733. The van der Waals surface area contributed by atoms with E-state index >= 15 is 0 Å². The third-order valence-electron chi connectivity index (χ3n) is 2.24. The highest BCUT2D eigenvalue weighted by molar-refractivity contribution is 5.09. The minimum Gasteiger partial charge on any atom is -0.375 e. The van der Waals surface area contributed by atoms with Gasteiger partial charge in [0.05, 0.1) is 12.7 Å². The highest BCUT2D eigenvalue weighted by Crippen LogP contribution is 2.02. The van der Waals surface area contributed by atoms with Crippen molar-refractivity contribution in [3.05, 3.63) is 30.1 Å². The first-order valence-electron chi connectivity index (χ1n) is 4.66. The fourth-order valence-corrected chi connectivity index (χ4v) is 1.27. The maximum atomic E-state index is 5.60. The molecule has 0 bridgehead atoms. The molecule has 1 N–H and O–H groups in total. The van der Waals surface area contributed by atoms with E-state index in [2.05, 4.69) is 10.3 Å². The zero-order chi connectivity index (χ0) is 8.93. The molecule has 0 aliphatic carbocycles. The molecule has 0 amide bonds. The second kappa shape index (κ2) is 4.35. The third-order valence-corrected chi connectivity index (χ3v) is 2.24. The molecule has 1 saturated heterocycles. The van der Waals surface area contributed by atoms with E-state index in [4.69, 9.17) is 4.74 Å². The molecule has 1 aliphatic rings. The van der Waals surface area contributed by atoms with Crippen LogP contribution >= 0.6 is 0 Å². The topological polar surface area (TPSA) is 34.1 Å².